The molecule has 0 aliphatic carbocycles. The third-order valence-corrected chi connectivity index (χ3v) is 4.06. The molecule has 3 rings (SSSR count). The average molecular weight is 308 g/mol. The standard InChI is InChI=1S/C19H20N2O2/c1-21-16-9-5-3-8-15(16)13-17(21)19(22)20-12-11-14-7-4-6-10-18(14)23-2/h3-10,13H,11-12H2,1-2H3,(H,20,22). The predicted molar refractivity (Wildman–Crippen MR) is 92.0 cm³/mol. The molecular formula is C19H20N2O2. The largest absolute Gasteiger partial charge is 0.496 e. The summed E-state index contributed by atoms with van der Waals surface area (Å²) in [7, 11) is 3.57. The number of para-hydroxylation sites is 2. The quantitative estimate of drug-likeness (QED) is 0.787. The van der Waals surface area contributed by atoms with Gasteiger partial charge in [-0.1, -0.05) is 36.4 Å². The van der Waals surface area contributed by atoms with Gasteiger partial charge in [0.1, 0.15) is 11.4 Å². The van der Waals surface area contributed by atoms with Gasteiger partial charge in [0, 0.05) is 24.5 Å². The summed E-state index contributed by atoms with van der Waals surface area (Å²) >= 11 is 0. The highest BCUT2D eigenvalue weighted by atomic mass is 16.5. The minimum Gasteiger partial charge on any atom is -0.496 e. The minimum absolute atomic E-state index is 0.0569. The van der Waals surface area contributed by atoms with E-state index in [1.54, 1.807) is 7.11 Å². The second-order valence-corrected chi connectivity index (χ2v) is 5.47. The Kier molecular flexibility index (Phi) is 4.33. The summed E-state index contributed by atoms with van der Waals surface area (Å²) in [5.74, 6) is 0.796. The normalized spacial score (nSPS) is 10.7. The van der Waals surface area contributed by atoms with Crippen molar-refractivity contribution in [2.45, 2.75) is 6.42 Å². The number of carbonyl (C=O) groups is 1. The molecule has 4 heteroatoms. The predicted octanol–water partition coefficient (Wildman–Crippen LogP) is 3.16. The lowest BCUT2D eigenvalue weighted by molar-refractivity contribution is 0.0946. The number of fused-ring (bicyclic) bond motifs is 1. The van der Waals surface area contributed by atoms with E-state index in [2.05, 4.69) is 5.32 Å². The zero-order valence-corrected chi connectivity index (χ0v) is 13.4. The van der Waals surface area contributed by atoms with Crippen LogP contribution in [0.5, 0.6) is 5.75 Å². The van der Waals surface area contributed by atoms with E-state index in [9.17, 15) is 4.79 Å². The number of rotatable bonds is 5. The number of hydrogen-bond donors (Lipinski definition) is 1. The summed E-state index contributed by atoms with van der Waals surface area (Å²) in [4.78, 5) is 12.4. The average Bonchev–Trinajstić information content (AvgIpc) is 2.92. The van der Waals surface area contributed by atoms with Crippen molar-refractivity contribution in [3.8, 4) is 5.75 Å². The molecule has 0 spiro atoms. The highest BCUT2D eigenvalue weighted by Crippen LogP contribution is 2.19. The SMILES string of the molecule is COc1ccccc1CCNC(=O)c1cc2ccccc2n1C. The fourth-order valence-electron chi connectivity index (χ4n) is 2.82. The summed E-state index contributed by atoms with van der Waals surface area (Å²) in [6, 6.07) is 17.8. The second-order valence-electron chi connectivity index (χ2n) is 5.47. The van der Waals surface area contributed by atoms with E-state index in [-0.39, 0.29) is 5.91 Å². The zero-order chi connectivity index (χ0) is 16.2. The lowest BCUT2D eigenvalue weighted by Crippen LogP contribution is -2.27. The number of nitrogens with one attached hydrogen (secondary N) is 1. The van der Waals surface area contributed by atoms with Crippen molar-refractivity contribution in [3.05, 3.63) is 65.9 Å². The lowest BCUT2D eigenvalue weighted by Gasteiger charge is -2.09. The Morgan fingerprint density at radius 2 is 1.87 bits per heavy atom. The van der Waals surface area contributed by atoms with E-state index in [0.717, 1.165) is 28.6 Å². The fourth-order valence-corrected chi connectivity index (χ4v) is 2.82. The van der Waals surface area contributed by atoms with E-state index < -0.39 is 0 Å². The first-order chi connectivity index (χ1) is 11.2. The molecule has 0 aliphatic rings. The fraction of sp³-hybridized carbons (Fsp3) is 0.211. The number of carbonyl (C=O) groups excluding carboxylic acids is 1. The van der Waals surface area contributed by atoms with E-state index in [4.69, 9.17) is 4.74 Å². The van der Waals surface area contributed by atoms with Crippen LogP contribution in [0.15, 0.2) is 54.6 Å². The molecule has 1 heterocycles. The molecule has 1 N–H and O–H groups in total. The van der Waals surface area contributed by atoms with Gasteiger partial charge in [-0.15, -0.1) is 0 Å². The van der Waals surface area contributed by atoms with Gasteiger partial charge in [0.2, 0.25) is 0 Å². The number of amides is 1. The summed E-state index contributed by atoms with van der Waals surface area (Å²) in [6.45, 7) is 0.570. The molecule has 0 aliphatic heterocycles. The second kappa shape index (κ2) is 6.57. The number of ether oxygens (including phenoxy) is 1. The topological polar surface area (TPSA) is 43.3 Å². The van der Waals surface area contributed by atoms with Crippen molar-refractivity contribution in [1.29, 1.82) is 0 Å². The van der Waals surface area contributed by atoms with E-state index in [0.29, 0.717) is 12.2 Å². The van der Waals surface area contributed by atoms with Crippen LogP contribution in [-0.4, -0.2) is 24.1 Å². The molecule has 2 aromatic carbocycles. The number of benzene rings is 2. The van der Waals surface area contributed by atoms with Crippen LogP contribution in [-0.2, 0) is 13.5 Å². The summed E-state index contributed by atoms with van der Waals surface area (Å²) in [5.41, 5.74) is 2.82. The maximum atomic E-state index is 12.4. The van der Waals surface area contributed by atoms with Gasteiger partial charge in [-0.2, -0.15) is 0 Å². The van der Waals surface area contributed by atoms with Crippen molar-refractivity contribution >= 4 is 16.8 Å². The van der Waals surface area contributed by atoms with Gasteiger partial charge in [-0.3, -0.25) is 4.79 Å². The molecule has 0 fully saturated rings. The zero-order valence-electron chi connectivity index (χ0n) is 13.4. The molecule has 0 saturated heterocycles. The van der Waals surface area contributed by atoms with Crippen molar-refractivity contribution in [2.24, 2.45) is 7.05 Å². The van der Waals surface area contributed by atoms with Gasteiger partial charge in [0.25, 0.3) is 5.91 Å². The van der Waals surface area contributed by atoms with Crippen LogP contribution >= 0.6 is 0 Å². The van der Waals surface area contributed by atoms with Crippen LogP contribution in [0.3, 0.4) is 0 Å². The molecule has 23 heavy (non-hydrogen) atoms. The monoisotopic (exact) mass is 308 g/mol. The molecular weight excluding hydrogens is 288 g/mol. The molecule has 3 aromatic rings. The van der Waals surface area contributed by atoms with E-state index in [1.165, 1.54) is 0 Å². The molecule has 118 valence electrons. The molecule has 4 nitrogen and oxygen atoms in total. The summed E-state index contributed by atoms with van der Waals surface area (Å²) in [5, 5.41) is 4.06. The maximum Gasteiger partial charge on any atom is 0.267 e. The lowest BCUT2D eigenvalue weighted by atomic mass is 10.1. The third kappa shape index (κ3) is 3.06. The number of aromatic nitrogens is 1. The Bertz CT molecular complexity index is 836. The van der Waals surface area contributed by atoms with Gasteiger partial charge in [-0.05, 0) is 30.2 Å². The van der Waals surface area contributed by atoms with Crippen LogP contribution in [0.4, 0.5) is 0 Å². The van der Waals surface area contributed by atoms with Gasteiger partial charge in [-0.25, -0.2) is 0 Å². The molecule has 1 amide bonds. The van der Waals surface area contributed by atoms with Gasteiger partial charge < -0.3 is 14.6 Å². The van der Waals surface area contributed by atoms with Crippen LogP contribution in [0.25, 0.3) is 10.9 Å². The van der Waals surface area contributed by atoms with Crippen molar-refractivity contribution in [2.75, 3.05) is 13.7 Å². The number of aryl methyl sites for hydroxylation is 1. The summed E-state index contributed by atoms with van der Waals surface area (Å²) < 4.78 is 7.25. The molecule has 0 radical (unpaired) electrons. The Morgan fingerprint density at radius 3 is 2.65 bits per heavy atom. The van der Waals surface area contributed by atoms with Crippen molar-refractivity contribution < 1.29 is 9.53 Å². The molecule has 0 saturated carbocycles. The van der Waals surface area contributed by atoms with Crippen LogP contribution in [0.1, 0.15) is 16.1 Å². The third-order valence-electron chi connectivity index (χ3n) is 4.06. The van der Waals surface area contributed by atoms with Crippen LogP contribution in [0, 0.1) is 0 Å². The minimum atomic E-state index is -0.0569. The number of hydrogen-bond acceptors (Lipinski definition) is 2. The first-order valence-electron chi connectivity index (χ1n) is 7.65. The first kappa shape index (κ1) is 15.2. The smallest absolute Gasteiger partial charge is 0.267 e. The highest BCUT2D eigenvalue weighted by molar-refractivity contribution is 5.98. The highest BCUT2D eigenvalue weighted by Gasteiger charge is 2.12. The molecule has 1 aromatic heterocycles. The molecule has 0 bridgehead atoms. The number of methoxy groups -OCH3 is 1. The number of nitrogens with zero attached hydrogens (tertiary/aromatic N) is 1. The van der Waals surface area contributed by atoms with E-state index in [1.807, 2.05) is 66.2 Å². The Labute approximate surface area is 135 Å². The van der Waals surface area contributed by atoms with Crippen molar-refractivity contribution in [1.82, 2.24) is 9.88 Å². The van der Waals surface area contributed by atoms with Gasteiger partial charge in [0.05, 0.1) is 7.11 Å². The molecule has 0 atom stereocenters. The molecule has 0 unspecified atom stereocenters. The Morgan fingerprint density at radius 1 is 1.13 bits per heavy atom. The van der Waals surface area contributed by atoms with Crippen LogP contribution < -0.4 is 10.1 Å². The first-order valence-corrected chi connectivity index (χ1v) is 7.65. The Balaban J connectivity index is 1.68. The van der Waals surface area contributed by atoms with Crippen molar-refractivity contribution in [3.63, 3.8) is 0 Å². The maximum absolute atomic E-state index is 12.4. The summed E-state index contributed by atoms with van der Waals surface area (Å²) in [6.07, 6.45) is 0.736. The van der Waals surface area contributed by atoms with Crippen LogP contribution in [0.2, 0.25) is 0 Å². The Hall–Kier alpha value is -2.75. The van der Waals surface area contributed by atoms with Gasteiger partial charge >= 0.3 is 0 Å². The van der Waals surface area contributed by atoms with Gasteiger partial charge in [0.15, 0.2) is 0 Å². The van der Waals surface area contributed by atoms with E-state index >= 15 is 0 Å².